The van der Waals surface area contributed by atoms with Crippen LogP contribution in [0, 0.1) is 5.82 Å². The Morgan fingerprint density at radius 2 is 2.05 bits per heavy atom. The van der Waals surface area contributed by atoms with Gasteiger partial charge in [0.05, 0.1) is 17.2 Å². The maximum atomic E-state index is 13.9. The Kier molecular flexibility index (Phi) is 3.62. The highest BCUT2D eigenvalue weighted by atomic mass is 32.2. The summed E-state index contributed by atoms with van der Waals surface area (Å²) in [6, 6.07) is 4.97. The fourth-order valence-corrected chi connectivity index (χ4v) is 2.84. The molecule has 1 aliphatic rings. The zero-order chi connectivity index (χ0) is 15.1. The summed E-state index contributed by atoms with van der Waals surface area (Å²) in [6.45, 7) is 0. The van der Waals surface area contributed by atoms with Crippen molar-refractivity contribution in [3.05, 3.63) is 41.5 Å². The van der Waals surface area contributed by atoms with Crippen molar-refractivity contribution in [1.29, 1.82) is 0 Å². The van der Waals surface area contributed by atoms with Crippen molar-refractivity contribution in [2.45, 2.75) is 29.5 Å². The molecule has 21 heavy (non-hydrogen) atoms. The first-order valence-electron chi connectivity index (χ1n) is 6.02. The van der Waals surface area contributed by atoms with Crippen LogP contribution in [0.4, 0.5) is 17.6 Å². The fourth-order valence-electron chi connectivity index (χ4n) is 2.33. The van der Waals surface area contributed by atoms with Crippen molar-refractivity contribution in [2.75, 3.05) is 0 Å². The second-order valence-corrected chi connectivity index (χ2v) is 5.81. The van der Waals surface area contributed by atoms with E-state index in [1.54, 1.807) is 6.07 Å². The van der Waals surface area contributed by atoms with Crippen LogP contribution >= 0.6 is 0 Å². The van der Waals surface area contributed by atoms with Gasteiger partial charge in [-0.3, -0.25) is 0 Å². The molecule has 0 amide bonds. The van der Waals surface area contributed by atoms with Gasteiger partial charge >= 0.3 is 10.9 Å². The molecule has 1 aliphatic heterocycles. The lowest BCUT2D eigenvalue weighted by Crippen LogP contribution is -2.15. The van der Waals surface area contributed by atoms with E-state index >= 15 is 0 Å². The lowest BCUT2D eigenvalue weighted by molar-refractivity contribution is 0.233. The molecule has 0 bridgehead atoms. The molecule has 0 fully saturated rings. The monoisotopic (exact) mass is 319 g/mol. The summed E-state index contributed by atoms with van der Waals surface area (Å²) in [6.07, 6.45) is -1.65. The Labute approximate surface area is 120 Å². The van der Waals surface area contributed by atoms with Crippen molar-refractivity contribution in [3.63, 3.8) is 0 Å². The molecule has 0 aliphatic carbocycles. The van der Waals surface area contributed by atoms with Crippen LogP contribution < -0.4 is 0 Å². The lowest BCUT2D eigenvalue weighted by Gasteiger charge is -2.12. The molecule has 0 spiro atoms. The second kappa shape index (κ2) is 5.30. The van der Waals surface area contributed by atoms with Gasteiger partial charge in [0, 0.05) is 12.0 Å². The molecule has 0 N–H and O–H groups in total. The zero-order valence-electron chi connectivity index (χ0n) is 10.4. The number of rotatable bonds is 3. The van der Waals surface area contributed by atoms with Gasteiger partial charge in [-0.25, -0.2) is 13.5 Å². The number of fused-ring (bicyclic) bond motifs is 1. The molecule has 3 atom stereocenters. The Bertz CT molecular complexity index is 666. The molecule has 0 saturated heterocycles. The quantitative estimate of drug-likeness (QED) is 0.646. The van der Waals surface area contributed by atoms with Gasteiger partial charge < -0.3 is 4.55 Å². The Hall–Kier alpha value is -1.61. The van der Waals surface area contributed by atoms with Crippen molar-refractivity contribution in [3.8, 4) is 0 Å². The normalized spacial score (nSPS) is 22.6. The largest absolute Gasteiger partial charge is 0.604 e. The Morgan fingerprint density at radius 1 is 1.33 bits per heavy atom. The highest BCUT2D eigenvalue weighted by Crippen LogP contribution is 2.40. The summed E-state index contributed by atoms with van der Waals surface area (Å²) in [5.74, 6) is -3.90. The molecule has 1 aromatic carbocycles. The molecule has 0 unspecified atom stereocenters. The highest BCUT2D eigenvalue weighted by molar-refractivity contribution is 7.91. The van der Waals surface area contributed by atoms with Gasteiger partial charge in [0.25, 0.3) is 0 Å². The van der Waals surface area contributed by atoms with E-state index in [0.717, 1.165) is 4.68 Å². The molecule has 4 nitrogen and oxygen atoms in total. The van der Waals surface area contributed by atoms with Crippen LogP contribution in [-0.2, 0) is 11.2 Å². The summed E-state index contributed by atoms with van der Waals surface area (Å²) < 4.78 is 64.9. The number of hydrogen-bond acceptors (Lipinski definition) is 3. The maximum absolute atomic E-state index is 13.9. The standard InChI is InChI=1S/C12H9F4N3OS/c13-7-4-2-1-3-6(7)9-5-8(14)10-17-12(18-19(9)10)21(20)11(15)16/h1-4,8-9,11H,5H2/t8-,9-,21-/m0/s1. The molecule has 3 rings (SSSR count). The Morgan fingerprint density at radius 3 is 2.71 bits per heavy atom. The highest BCUT2D eigenvalue weighted by Gasteiger charge is 2.40. The van der Waals surface area contributed by atoms with Crippen LogP contribution in [0.5, 0.6) is 0 Å². The number of hydrogen-bond donors (Lipinski definition) is 0. The molecule has 0 radical (unpaired) electrons. The summed E-state index contributed by atoms with van der Waals surface area (Å²) in [5.41, 5.74) is 0.193. The fraction of sp³-hybridized carbons (Fsp3) is 0.333. The van der Waals surface area contributed by atoms with Crippen LogP contribution in [0.1, 0.15) is 30.0 Å². The minimum Gasteiger partial charge on any atom is -0.604 e. The molecule has 2 heterocycles. The van der Waals surface area contributed by atoms with E-state index in [2.05, 4.69) is 10.1 Å². The third-order valence-corrected chi connectivity index (χ3v) is 4.11. The van der Waals surface area contributed by atoms with Gasteiger partial charge in [-0.05, 0) is 6.07 Å². The van der Waals surface area contributed by atoms with Gasteiger partial charge in [0.1, 0.15) is 5.82 Å². The first kappa shape index (κ1) is 14.3. The summed E-state index contributed by atoms with van der Waals surface area (Å²) in [5, 5.41) is 3.04. The number of benzene rings is 1. The van der Waals surface area contributed by atoms with Gasteiger partial charge in [-0.15, -0.1) is 5.10 Å². The Balaban J connectivity index is 2.01. The zero-order valence-corrected chi connectivity index (χ0v) is 11.2. The third kappa shape index (κ3) is 2.40. The third-order valence-electron chi connectivity index (χ3n) is 3.25. The van der Waals surface area contributed by atoms with Crippen LogP contribution in [0.3, 0.4) is 0 Å². The van der Waals surface area contributed by atoms with E-state index in [0.29, 0.717) is 0 Å². The smallest absolute Gasteiger partial charge is 0.405 e. The number of nitrogens with zero attached hydrogens (tertiary/aromatic N) is 3. The number of aromatic nitrogens is 3. The van der Waals surface area contributed by atoms with Crippen molar-refractivity contribution >= 4 is 11.2 Å². The van der Waals surface area contributed by atoms with E-state index in [9.17, 15) is 22.1 Å². The average Bonchev–Trinajstić information content (AvgIpc) is 3.00. The van der Waals surface area contributed by atoms with E-state index in [1.165, 1.54) is 18.2 Å². The van der Waals surface area contributed by atoms with Crippen molar-refractivity contribution < 1.29 is 22.1 Å². The van der Waals surface area contributed by atoms with Gasteiger partial charge in [0.2, 0.25) is 0 Å². The second-order valence-electron chi connectivity index (χ2n) is 4.50. The molecular weight excluding hydrogens is 310 g/mol. The van der Waals surface area contributed by atoms with E-state index in [4.69, 9.17) is 0 Å². The SMILES string of the molecule is [O-][S@+](c1nc2n(n1)[C@H](c1ccccc1F)C[C@@H]2F)C(F)F. The molecule has 0 saturated carbocycles. The van der Waals surface area contributed by atoms with Gasteiger partial charge in [0.15, 0.2) is 12.0 Å². The molecule has 2 aromatic rings. The van der Waals surface area contributed by atoms with Crippen LogP contribution in [0.15, 0.2) is 29.4 Å². The van der Waals surface area contributed by atoms with E-state index in [1.807, 2.05) is 0 Å². The average molecular weight is 319 g/mol. The van der Waals surface area contributed by atoms with E-state index < -0.39 is 40.1 Å². The predicted octanol–water partition coefficient (Wildman–Crippen LogP) is 2.75. The molecule has 9 heteroatoms. The van der Waals surface area contributed by atoms with Crippen LogP contribution in [-0.4, -0.2) is 25.1 Å². The summed E-state index contributed by atoms with van der Waals surface area (Å²) in [7, 11) is 0. The van der Waals surface area contributed by atoms with Gasteiger partial charge in [-0.1, -0.05) is 18.2 Å². The molecule has 112 valence electrons. The molecule has 1 aromatic heterocycles. The van der Waals surface area contributed by atoms with E-state index in [-0.39, 0.29) is 17.8 Å². The lowest BCUT2D eigenvalue weighted by atomic mass is 10.0. The first-order valence-corrected chi connectivity index (χ1v) is 7.24. The first-order chi connectivity index (χ1) is 9.99. The number of alkyl halides is 3. The summed E-state index contributed by atoms with van der Waals surface area (Å²) in [4.78, 5) is 3.57. The van der Waals surface area contributed by atoms with Crippen molar-refractivity contribution in [2.24, 2.45) is 0 Å². The van der Waals surface area contributed by atoms with Crippen LogP contribution in [0.25, 0.3) is 0 Å². The van der Waals surface area contributed by atoms with Gasteiger partial charge in [-0.2, -0.15) is 13.8 Å². The van der Waals surface area contributed by atoms with Crippen molar-refractivity contribution in [1.82, 2.24) is 14.8 Å². The minimum atomic E-state index is -3.15. The van der Waals surface area contributed by atoms with Crippen LogP contribution in [0.2, 0.25) is 0 Å². The maximum Gasteiger partial charge on any atom is 0.405 e. The topological polar surface area (TPSA) is 53.8 Å². The summed E-state index contributed by atoms with van der Waals surface area (Å²) >= 11 is -2.72. The predicted molar refractivity (Wildman–Crippen MR) is 65.4 cm³/mol. The minimum absolute atomic E-state index is 0.0855. The number of halogens is 4. The molecular formula is C12H9F4N3OS.